The maximum Gasteiger partial charge on any atom is 0.194 e. The van der Waals surface area contributed by atoms with Crippen LogP contribution in [0.1, 0.15) is 0 Å². The van der Waals surface area contributed by atoms with Crippen molar-refractivity contribution in [1.29, 1.82) is 0 Å². The van der Waals surface area contributed by atoms with E-state index in [0.29, 0.717) is 11.5 Å². The van der Waals surface area contributed by atoms with Gasteiger partial charge < -0.3 is 4.74 Å². The van der Waals surface area contributed by atoms with Crippen LogP contribution in [0.25, 0.3) is 11.1 Å². The summed E-state index contributed by atoms with van der Waals surface area (Å²) in [6.07, 6.45) is 0. The molecule has 0 saturated heterocycles. The van der Waals surface area contributed by atoms with E-state index < -0.39 is 0 Å². The molecule has 5 heteroatoms. The largest absolute Gasteiger partial charge is 0.453 e. The molecule has 3 rings (SSSR count). The van der Waals surface area contributed by atoms with Gasteiger partial charge in [0.1, 0.15) is 5.75 Å². The molecule has 0 atom stereocenters. The van der Waals surface area contributed by atoms with Crippen molar-refractivity contribution in [3.63, 3.8) is 0 Å². The molecule has 1 heterocycles. The van der Waals surface area contributed by atoms with Crippen LogP contribution in [0, 0.1) is 0 Å². The van der Waals surface area contributed by atoms with Gasteiger partial charge in [-0.25, -0.2) is 0 Å². The molecular formula is C16H10Cl2N2O. The first-order valence-electron chi connectivity index (χ1n) is 6.25. The van der Waals surface area contributed by atoms with Crippen molar-refractivity contribution >= 4 is 23.2 Å². The number of rotatable bonds is 3. The van der Waals surface area contributed by atoms with Gasteiger partial charge in [0.05, 0.1) is 0 Å². The van der Waals surface area contributed by atoms with Gasteiger partial charge in [-0.2, -0.15) is 0 Å². The van der Waals surface area contributed by atoms with E-state index in [2.05, 4.69) is 10.2 Å². The first-order valence-corrected chi connectivity index (χ1v) is 7.00. The average Bonchev–Trinajstić information content (AvgIpc) is 2.52. The first-order chi connectivity index (χ1) is 10.2. The Morgan fingerprint density at radius 3 is 2.29 bits per heavy atom. The summed E-state index contributed by atoms with van der Waals surface area (Å²) in [5.41, 5.74) is 2.01. The fourth-order valence-electron chi connectivity index (χ4n) is 1.94. The number of nitrogens with zero attached hydrogens (tertiary/aromatic N) is 2. The molecule has 0 unspecified atom stereocenters. The van der Waals surface area contributed by atoms with E-state index in [4.69, 9.17) is 27.9 Å². The molecule has 0 bridgehead atoms. The molecule has 0 radical (unpaired) electrons. The average molecular weight is 317 g/mol. The molecule has 0 aliphatic carbocycles. The monoisotopic (exact) mass is 316 g/mol. The highest BCUT2D eigenvalue weighted by atomic mass is 35.5. The van der Waals surface area contributed by atoms with E-state index in [-0.39, 0.29) is 10.3 Å². The fraction of sp³-hybridized carbons (Fsp3) is 0. The van der Waals surface area contributed by atoms with Crippen molar-refractivity contribution < 1.29 is 4.74 Å². The molecule has 1 aromatic heterocycles. The van der Waals surface area contributed by atoms with E-state index in [0.717, 1.165) is 11.1 Å². The van der Waals surface area contributed by atoms with Gasteiger partial charge in [-0.05, 0) is 11.6 Å². The molecule has 0 N–H and O–H groups in total. The minimum Gasteiger partial charge on any atom is -0.453 e. The van der Waals surface area contributed by atoms with Crippen LogP contribution in [-0.2, 0) is 0 Å². The van der Waals surface area contributed by atoms with Gasteiger partial charge in [-0.3, -0.25) is 0 Å². The predicted molar refractivity (Wildman–Crippen MR) is 84.0 cm³/mol. The predicted octanol–water partition coefficient (Wildman–Crippen LogP) is 5.24. The number of hydrogen-bond donors (Lipinski definition) is 0. The molecule has 2 aromatic carbocycles. The van der Waals surface area contributed by atoms with Crippen LogP contribution < -0.4 is 4.74 Å². The van der Waals surface area contributed by atoms with E-state index >= 15 is 0 Å². The summed E-state index contributed by atoms with van der Waals surface area (Å²) in [5.74, 6) is 1.05. The molecule has 0 amide bonds. The SMILES string of the molecule is Clc1cc(Oc2ccccc2-c2ccccc2)c(Cl)nn1. The van der Waals surface area contributed by atoms with E-state index in [1.807, 2.05) is 54.6 Å². The fourth-order valence-corrected chi connectivity index (χ4v) is 2.21. The second kappa shape index (κ2) is 6.12. The molecule has 3 aromatic rings. The van der Waals surface area contributed by atoms with Crippen molar-refractivity contribution in [1.82, 2.24) is 10.2 Å². The maximum absolute atomic E-state index is 5.99. The van der Waals surface area contributed by atoms with Gasteiger partial charge in [0, 0.05) is 11.6 Å². The summed E-state index contributed by atoms with van der Waals surface area (Å²) >= 11 is 11.8. The number of para-hydroxylation sites is 1. The van der Waals surface area contributed by atoms with Crippen molar-refractivity contribution in [2.75, 3.05) is 0 Å². The zero-order valence-corrected chi connectivity index (χ0v) is 12.3. The zero-order valence-electron chi connectivity index (χ0n) is 10.8. The smallest absolute Gasteiger partial charge is 0.194 e. The van der Waals surface area contributed by atoms with Gasteiger partial charge in [-0.1, -0.05) is 71.7 Å². The molecule has 0 aliphatic heterocycles. The molecular weight excluding hydrogens is 307 g/mol. The number of benzene rings is 2. The molecule has 104 valence electrons. The Balaban J connectivity index is 2.02. The normalized spacial score (nSPS) is 10.4. The van der Waals surface area contributed by atoms with Crippen molar-refractivity contribution in [2.24, 2.45) is 0 Å². The van der Waals surface area contributed by atoms with Crippen LogP contribution in [0.5, 0.6) is 11.5 Å². The standard InChI is InChI=1S/C16H10Cl2N2O/c17-15-10-14(16(18)20-19-15)21-13-9-5-4-8-12(13)11-6-2-1-3-7-11/h1-10H. The Labute approximate surface area is 132 Å². The van der Waals surface area contributed by atoms with E-state index in [1.165, 1.54) is 0 Å². The molecule has 0 spiro atoms. The quantitative estimate of drug-likeness (QED) is 0.662. The van der Waals surface area contributed by atoms with Gasteiger partial charge in [0.2, 0.25) is 0 Å². The number of aromatic nitrogens is 2. The first kappa shape index (κ1) is 13.9. The number of halogens is 2. The van der Waals surface area contributed by atoms with E-state index in [1.54, 1.807) is 6.07 Å². The lowest BCUT2D eigenvalue weighted by molar-refractivity contribution is 0.480. The number of ether oxygens (including phenoxy) is 1. The van der Waals surface area contributed by atoms with Crippen LogP contribution in [0.15, 0.2) is 60.7 Å². The Morgan fingerprint density at radius 1 is 0.762 bits per heavy atom. The third kappa shape index (κ3) is 3.15. The van der Waals surface area contributed by atoms with Crippen LogP contribution in [0.4, 0.5) is 0 Å². The van der Waals surface area contributed by atoms with Crippen LogP contribution in [0.2, 0.25) is 10.3 Å². The molecule has 0 aliphatic rings. The Bertz CT molecular complexity index is 763. The van der Waals surface area contributed by atoms with Crippen LogP contribution in [0.3, 0.4) is 0 Å². The summed E-state index contributed by atoms with van der Waals surface area (Å²) in [6.45, 7) is 0. The maximum atomic E-state index is 5.99. The summed E-state index contributed by atoms with van der Waals surface area (Å²) < 4.78 is 5.86. The Morgan fingerprint density at radius 2 is 1.48 bits per heavy atom. The molecule has 3 nitrogen and oxygen atoms in total. The lowest BCUT2D eigenvalue weighted by Crippen LogP contribution is -1.92. The second-order valence-corrected chi connectivity index (χ2v) is 5.03. The minimum absolute atomic E-state index is 0.169. The van der Waals surface area contributed by atoms with Gasteiger partial charge >= 0.3 is 0 Å². The van der Waals surface area contributed by atoms with Crippen molar-refractivity contribution in [3.8, 4) is 22.6 Å². The third-order valence-corrected chi connectivity index (χ3v) is 3.33. The van der Waals surface area contributed by atoms with Crippen LogP contribution >= 0.6 is 23.2 Å². The van der Waals surface area contributed by atoms with Gasteiger partial charge in [0.15, 0.2) is 16.1 Å². The number of hydrogen-bond acceptors (Lipinski definition) is 3. The zero-order chi connectivity index (χ0) is 14.7. The molecule has 21 heavy (non-hydrogen) atoms. The second-order valence-electron chi connectivity index (χ2n) is 4.29. The lowest BCUT2D eigenvalue weighted by atomic mass is 10.1. The summed E-state index contributed by atoms with van der Waals surface area (Å²) in [6, 6.07) is 19.2. The topological polar surface area (TPSA) is 35.0 Å². The van der Waals surface area contributed by atoms with Crippen molar-refractivity contribution in [2.45, 2.75) is 0 Å². The van der Waals surface area contributed by atoms with Gasteiger partial charge in [-0.15, -0.1) is 10.2 Å². The highest BCUT2D eigenvalue weighted by Gasteiger charge is 2.10. The summed E-state index contributed by atoms with van der Waals surface area (Å²) in [7, 11) is 0. The van der Waals surface area contributed by atoms with Crippen LogP contribution in [-0.4, -0.2) is 10.2 Å². The minimum atomic E-state index is 0.169. The van der Waals surface area contributed by atoms with Gasteiger partial charge in [0.25, 0.3) is 0 Å². The summed E-state index contributed by atoms with van der Waals surface area (Å²) in [4.78, 5) is 0. The van der Waals surface area contributed by atoms with Crippen molar-refractivity contribution in [3.05, 3.63) is 71.0 Å². The Kier molecular flexibility index (Phi) is 4.04. The molecule has 0 saturated carbocycles. The van der Waals surface area contributed by atoms with E-state index in [9.17, 15) is 0 Å². The lowest BCUT2D eigenvalue weighted by Gasteiger charge is -2.11. The molecule has 0 fully saturated rings. The third-order valence-electron chi connectivity index (χ3n) is 2.88. The Hall–Kier alpha value is -2.10. The highest BCUT2D eigenvalue weighted by Crippen LogP contribution is 2.35. The highest BCUT2D eigenvalue weighted by molar-refractivity contribution is 6.32. The summed E-state index contributed by atoms with van der Waals surface area (Å²) in [5, 5.41) is 7.80.